The average molecular weight is 257 g/mol. The first-order valence-corrected chi connectivity index (χ1v) is 6.30. The van der Waals surface area contributed by atoms with Crippen LogP contribution in [0.3, 0.4) is 0 Å². The lowest BCUT2D eigenvalue weighted by Gasteiger charge is -2.16. The van der Waals surface area contributed by atoms with Crippen LogP contribution in [0.4, 0.5) is 0 Å². The Morgan fingerprint density at radius 2 is 1.58 bits per heavy atom. The molecular weight excluding hydrogens is 238 g/mol. The lowest BCUT2D eigenvalue weighted by atomic mass is 9.98. The van der Waals surface area contributed by atoms with Gasteiger partial charge < -0.3 is 15.6 Å². The summed E-state index contributed by atoms with van der Waals surface area (Å²) in [4.78, 5) is 0. The molecule has 2 rings (SSSR count). The van der Waals surface area contributed by atoms with Crippen molar-refractivity contribution in [2.45, 2.75) is 19.1 Å². The SMILES string of the molecule is COc1ccccc1C(O)c1ccc(C(C)N)cc1. The fraction of sp³-hybridized carbons (Fsp3) is 0.250. The first-order valence-electron chi connectivity index (χ1n) is 6.30. The smallest absolute Gasteiger partial charge is 0.125 e. The molecule has 0 bridgehead atoms. The van der Waals surface area contributed by atoms with Gasteiger partial charge in [-0.1, -0.05) is 42.5 Å². The topological polar surface area (TPSA) is 55.5 Å². The summed E-state index contributed by atoms with van der Waals surface area (Å²) in [7, 11) is 1.60. The average Bonchev–Trinajstić information content (AvgIpc) is 2.46. The number of aliphatic hydroxyl groups is 1. The molecule has 0 radical (unpaired) electrons. The summed E-state index contributed by atoms with van der Waals surface area (Å²) in [6, 6.07) is 15.2. The minimum atomic E-state index is -0.696. The molecule has 3 heteroatoms. The Morgan fingerprint density at radius 1 is 1.00 bits per heavy atom. The predicted molar refractivity (Wildman–Crippen MR) is 76.1 cm³/mol. The largest absolute Gasteiger partial charge is 0.496 e. The van der Waals surface area contributed by atoms with Crippen LogP contribution >= 0.6 is 0 Å². The standard InChI is InChI=1S/C16H19NO2/c1-11(17)12-7-9-13(10-8-12)16(18)14-5-3-4-6-15(14)19-2/h3-11,16,18H,17H2,1-2H3. The molecular formula is C16H19NO2. The van der Waals surface area contributed by atoms with E-state index in [0.717, 1.165) is 16.7 Å². The molecule has 0 saturated carbocycles. The third-order valence-corrected chi connectivity index (χ3v) is 3.21. The fourth-order valence-corrected chi connectivity index (χ4v) is 2.05. The quantitative estimate of drug-likeness (QED) is 0.885. The van der Waals surface area contributed by atoms with E-state index in [1.807, 2.05) is 55.5 Å². The van der Waals surface area contributed by atoms with E-state index >= 15 is 0 Å². The molecule has 100 valence electrons. The number of hydrogen-bond donors (Lipinski definition) is 2. The van der Waals surface area contributed by atoms with Crippen molar-refractivity contribution in [2.24, 2.45) is 5.73 Å². The Kier molecular flexibility index (Phi) is 4.20. The van der Waals surface area contributed by atoms with Gasteiger partial charge in [0, 0.05) is 11.6 Å². The van der Waals surface area contributed by atoms with Gasteiger partial charge in [0.15, 0.2) is 0 Å². The van der Waals surface area contributed by atoms with E-state index in [1.165, 1.54) is 0 Å². The van der Waals surface area contributed by atoms with Crippen LogP contribution in [0.5, 0.6) is 5.75 Å². The van der Waals surface area contributed by atoms with Gasteiger partial charge in [-0.05, 0) is 24.1 Å². The number of aliphatic hydroxyl groups excluding tert-OH is 1. The summed E-state index contributed by atoms with van der Waals surface area (Å²) < 4.78 is 5.27. The number of nitrogens with two attached hydrogens (primary N) is 1. The number of methoxy groups -OCH3 is 1. The second kappa shape index (κ2) is 5.87. The highest BCUT2D eigenvalue weighted by molar-refractivity contribution is 5.40. The molecule has 3 N–H and O–H groups in total. The molecule has 2 aromatic rings. The minimum Gasteiger partial charge on any atom is -0.496 e. The third kappa shape index (κ3) is 2.95. The van der Waals surface area contributed by atoms with Crippen molar-refractivity contribution in [1.82, 2.24) is 0 Å². The summed E-state index contributed by atoms with van der Waals surface area (Å²) in [6.07, 6.45) is -0.696. The van der Waals surface area contributed by atoms with Gasteiger partial charge in [0.1, 0.15) is 11.9 Å². The molecule has 2 unspecified atom stereocenters. The lowest BCUT2D eigenvalue weighted by Crippen LogP contribution is -2.06. The molecule has 0 aliphatic heterocycles. The number of para-hydroxylation sites is 1. The zero-order valence-corrected chi connectivity index (χ0v) is 11.2. The summed E-state index contributed by atoms with van der Waals surface area (Å²) in [5, 5.41) is 10.4. The number of hydrogen-bond acceptors (Lipinski definition) is 3. The Morgan fingerprint density at radius 3 is 2.16 bits per heavy atom. The highest BCUT2D eigenvalue weighted by Gasteiger charge is 2.14. The van der Waals surface area contributed by atoms with E-state index < -0.39 is 6.10 Å². The first-order chi connectivity index (χ1) is 9.13. The van der Waals surface area contributed by atoms with E-state index in [9.17, 15) is 5.11 Å². The van der Waals surface area contributed by atoms with Gasteiger partial charge in [-0.25, -0.2) is 0 Å². The molecule has 2 aromatic carbocycles. The van der Waals surface area contributed by atoms with Crippen LogP contribution in [-0.4, -0.2) is 12.2 Å². The number of benzene rings is 2. The maximum absolute atomic E-state index is 10.4. The maximum Gasteiger partial charge on any atom is 0.125 e. The first kappa shape index (κ1) is 13.6. The van der Waals surface area contributed by atoms with Gasteiger partial charge in [0.2, 0.25) is 0 Å². The highest BCUT2D eigenvalue weighted by Crippen LogP contribution is 2.30. The molecule has 0 heterocycles. The molecule has 3 nitrogen and oxygen atoms in total. The zero-order valence-electron chi connectivity index (χ0n) is 11.2. The summed E-state index contributed by atoms with van der Waals surface area (Å²) in [6.45, 7) is 1.94. The molecule has 0 saturated heterocycles. The third-order valence-electron chi connectivity index (χ3n) is 3.21. The molecule has 0 aromatic heterocycles. The van der Waals surface area contributed by atoms with Crippen LogP contribution in [0.2, 0.25) is 0 Å². The van der Waals surface area contributed by atoms with Crippen LogP contribution in [-0.2, 0) is 0 Å². The van der Waals surface area contributed by atoms with E-state index in [1.54, 1.807) is 7.11 Å². The van der Waals surface area contributed by atoms with E-state index in [-0.39, 0.29) is 6.04 Å². The molecule has 0 aliphatic rings. The zero-order chi connectivity index (χ0) is 13.8. The van der Waals surface area contributed by atoms with Crippen molar-refractivity contribution in [2.75, 3.05) is 7.11 Å². The maximum atomic E-state index is 10.4. The van der Waals surface area contributed by atoms with Gasteiger partial charge in [0.25, 0.3) is 0 Å². The molecule has 0 spiro atoms. The van der Waals surface area contributed by atoms with Gasteiger partial charge in [-0.15, -0.1) is 0 Å². The summed E-state index contributed by atoms with van der Waals surface area (Å²) >= 11 is 0. The van der Waals surface area contributed by atoms with Crippen LogP contribution in [0.25, 0.3) is 0 Å². The molecule has 0 aliphatic carbocycles. The van der Waals surface area contributed by atoms with E-state index in [4.69, 9.17) is 10.5 Å². The second-order valence-electron chi connectivity index (χ2n) is 4.60. The molecule has 0 fully saturated rings. The Hall–Kier alpha value is -1.84. The summed E-state index contributed by atoms with van der Waals surface area (Å²) in [5.41, 5.74) is 8.46. The van der Waals surface area contributed by atoms with Crippen molar-refractivity contribution >= 4 is 0 Å². The molecule has 0 amide bonds. The van der Waals surface area contributed by atoms with Gasteiger partial charge >= 0.3 is 0 Å². The minimum absolute atomic E-state index is 0.00236. The van der Waals surface area contributed by atoms with Crippen molar-refractivity contribution in [3.63, 3.8) is 0 Å². The monoisotopic (exact) mass is 257 g/mol. The lowest BCUT2D eigenvalue weighted by molar-refractivity contribution is 0.214. The van der Waals surface area contributed by atoms with Crippen molar-refractivity contribution in [1.29, 1.82) is 0 Å². The Balaban J connectivity index is 2.30. The number of rotatable bonds is 4. The van der Waals surface area contributed by atoms with Crippen LogP contribution < -0.4 is 10.5 Å². The fourth-order valence-electron chi connectivity index (χ4n) is 2.05. The van der Waals surface area contributed by atoms with Crippen LogP contribution in [0.15, 0.2) is 48.5 Å². The van der Waals surface area contributed by atoms with Crippen LogP contribution in [0.1, 0.15) is 35.8 Å². The normalized spacial score (nSPS) is 13.9. The van der Waals surface area contributed by atoms with Crippen LogP contribution in [0, 0.1) is 0 Å². The Bertz CT molecular complexity index is 535. The van der Waals surface area contributed by atoms with Crippen molar-refractivity contribution in [3.8, 4) is 5.75 Å². The summed E-state index contributed by atoms with van der Waals surface area (Å²) in [5.74, 6) is 0.686. The molecule has 19 heavy (non-hydrogen) atoms. The highest BCUT2D eigenvalue weighted by atomic mass is 16.5. The van der Waals surface area contributed by atoms with Gasteiger partial charge in [0.05, 0.1) is 7.11 Å². The second-order valence-corrected chi connectivity index (χ2v) is 4.60. The Labute approximate surface area is 113 Å². The molecule has 2 atom stereocenters. The van der Waals surface area contributed by atoms with E-state index in [2.05, 4.69) is 0 Å². The van der Waals surface area contributed by atoms with Gasteiger partial charge in [-0.3, -0.25) is 0 Å². The predicted octanol–water partition coefficient (Wildman–Crippen LogP) is 2.80. The van der Waals surface area contributed by atoms with Gasteiger partial charge in [-0.2, -0.15) is 0 Å². The number of ether oxygens (including phenoxy) is 1. The van der Waals surface area contributed by atoms with Crippen molar-refractivity contribution < 1.29 is 9.84 Å². The van der Waals surface area contributed by atoms with E-state index in [0.29, 0.717) is 5.75 Å². The van der Waals surface area contributed by atoms with Crippen molar-refractivity contribution in [3.05, 3.63) is 65.2 Å².